The van der Waals surface area contributed by atoms with Crippen LogP contribution in [0.25, 0.3) is 0 Å². The van der Waals surface area contributed by atoms with Crippen molar-refractivity contribution in [2.75, 3.05) is 37.7 Å². The second kappa shape index (κ2) is 8.22. The van der Waals surface area contributed by atoms with Crippen LogP contribution in [0.1, 0.15) is 12.8 Å². The van der Waals surface area contributed by atoms with Gasteiger partial charge in [0.05, 0.1) is 24.5 Å². The predicted molar refractivity (Wildman–Crippen MR) is 92.5 cm³/mol. The van der Waals surface area contributed by atoms with E-state index in [2.05, 4.69) is 4.74 Å². The van der Waals surface area contributed by atoms with Crippen molar-refractivity contribution in [2.24, 2.45) is 5.92 Å². The largest absolute Gasteiger partial charge is 0.573 e. The highest BCUT2D eigenvalue weighted by molar-refractivity contribution is 5.59. The van der Waals surface area contributed by atoms with Gasteiger partial charge in [0.25, 0.3) is 0 Å². The number of aliphatic hydroxyl groups excluding tert-OH is 3. The molecule has 0 aromatic heterocycles. The summed E-state index contributed by atoms with van der Waals surface area (Å²) in [5.41, 5.74) is 0.408. The molecule has 2 saturated heterocycles. The lowest BCUT2D eigenvalue weighted by Gasteiger charge is -2.40. The van der Waals surface area contributed by atoms with Crippen LogP contribution in [0.2, 0.25) is 0 Å². The quantitative estimate of drug-likeness (QED) is 0.702. The minimum absolute atomic E-state index is 0.109. The summed E-state index contributed by atoms with van der Waals surface area (Å²) in [5.74, 6) is -0.0316. The molecule has 1 aromatic carbocycles. The molecule has 1 aromatic rings. The van der Waals surface area contributed by atoms with E-state index in [1.54, 1.807) is 12.1 Å². The fourth-order valence-electron chi connectivity index (χ4n) is 3.97. The predicted octanol–water partition coefficient (Wildman–Crippen LogP) is 1.20. The number of para-hydroxylation sites is 2. The number of aliphatic hydroxyl groups is 3. The van der Waals surface area contributed by atoms with E-state index in [0.29, 0.717) is 31.7 Å². The van der Waals surface area contributed by atoms with Crippen LogP contribution >= 0.6 is 0 Å². The molecular formula is C18H25F3N2O4. The Hall–Kier alpha value is -1.55. The lowest BCUT2D eigenvalue weighted by Crippen LogP contribution is -2.54. The first-order valence-corrected chi connectivity index (χ1v) is 9.07. The summed E-state index contributed by atoms with van der Waals surface area (Å²) < 4.78 is 42.0. The number of likely N-dealkylation sites (tertiary alicyclic amines) is 1. The van der Waals surface area contributed by atoms with E-state index in [1.165, 1.54) is 12.1 Å². The number of β-amino-alcohol motifs (C(OH)–C–C–N with tert-alkyl or cyclic N) is 1. The number of alkyl halides is 3. The topological polar surface area (TPSA) is 76.4 Å². The molecule has 0 saturated carbocycles. The molecule has 1 unspecified atom stereocenters. The molecule has 6 nitrogen and oxygen atoms in total. The Balaban J connectivity index is 1.64. The molecule has 2 aliphatic heterocycles. The minimum atomic E-state index is -4.74. The van der Waals surface area contributed by atoms with Crippen molar-refractivity contribution in [1.82, 2.24) is 4.90 Å². The molecule has 27 heavy (non-hydrogen) atoms. The number of rotatable bonds is 5. The number of nitrogens with zero attached hydrogens (tertiary/aromatic N) is 2. The first-order valence-electron chi connectivity index (χ1n) is 9.07. The summed E-state index contributed by atoms with van der Waals surface area (Å²) >= 11 is 0. The molecule has 0 bridgehead atoms. The smallest absolute Gasteiger partial charge is 0.404 e. The van der Waals surface area contributed by atoms with E-state index in [-0.39, 0.29) is 30.9 Å². The van der Waals surface area contributed by atoms with Gasteiger partial charge in [-0.05, 0) is 30.9 Å². The van der Waals surface area contributed by atoms with Crippen molar-refractivity contribution in [2.45, 2.75) is 37.5 Å². The highest BCUT2D eigenvalue weighted by Gasteiger charge is 2.37. The second-order valence-corrected chi connectivity index (χ2v) is 7.28. The van der Waals surface area contributed by atoms with E-state index in [1.807, 2.05) is 9.80 Å². The number of halogens is 3. The maximum Gasteiger partial charge on any atom is 0.573 e. The van der Waals surface area contributed by atoms with Crippen LogP contribution in [0.3, 0.4) is 0 Å². The molecule has 2 heterocycles. The van der Waals surface area contributed by atoms with Crippen molar-refractivity contribution in [3.05, 3.63) is 24.3 Å². The van der Waals surface area contributed by atoms with Gasteiger partial charge in [0.1, 0.15) is 0 Å². The summed E-state index contributed by atoms with van der Waals surface area (Å²) in [4.78, 5) is 3.83. The fourth-order valence-corrected chi connectivity index (χ4v) is 3.97. The molecule has 3 N–H and O–H groups in total. The Morgan fingerprint density at radius 1 is 1.11 bits per heavy atom. The lowest BCUT2D eigenvalue weighted by molar-refractivity contribution is -0.274. The SMILES string of the molecule is OC[C@H]1CC(O)[C@@H](O)CN1C[C@H]1CCN(c2ccccc2OC(F)(F)F)C1. The monoisotopic (exact) mass is 390 g/mol. The molecule has 4 atom stereocenters. The third-order valence-corrected chi connectivity index (χ3v) is 5.32. The molecule has 2 aliphatic rings. The van der Waals surface area contributed by atoms with Gasteiger partial charge in [-0.1, -0.05) is 12.1 Å². The average molecular weight is 390 g/mol. The fraction of sp³-hybridized carbons (Fsp3) is 0.667. The number of anilines is 1. The van der Waals surface area contributed by atoms with Crippen molar-refractivity contribution in [3.8, 4) is 5.75 Å². The third kappa shape index (κ3) is 5.04. The highest BCUT2D eigenvalue weighted by Crippen LogP contribution is 2.36. The van der Waals surface area contributed by atoms with Gasteiger partial charge in [0.2, 0.25) is 0 Å². The number of ether oxygens (including phenoxy) is 1. The van der Waals surface area contributed by atoms with Gasteiger partial charge < -0.3 is 25.0 Å². The van der Waals surface area contributed by atoms with Crippen LogP contribution in [0.5, 0.6) is 5.75 Å². The molecular weight excluding hydrogens is 365 g/mol. The van der Waals surface area contributed by atoms with Gasteiger partial charge in [-0.2, -0.15) is 0 Å². The van der Waals surface area contributed by atoms with Crippen LogP contribution in [0, 0.1) is 5.92 Å². The van der Waals surface area contributed by atoms with Crippen molar-refractivity contribution >= 4 is 5.69 Å². The molecule has 0 aliphatic carbocycles. The van der Waals surface area contributed by atoms with Gasteiger partial charge in [-0.15, -0.1) is 13.2 Å². The molecule has 0 amide bonds. The van der Waals surface area contributed by atoms with Gasteiger partial charge >= 0.3 is 6.36 Å². The average Bonchev–Trinajstić information content (AvgIpc) is 3.05. The van der Waals surface area contributed by atoms with E-state index < -0.39 is 18.6 Å². The highest BCUT2D eigenvalue weighted by atomic mass is 19.4. The van der Waals surface area contributed by atoms with Crippen LogP contribution in [0.4, 0.5) is 18.9 Å². The molecule has 9 heteroatoms. The summed E-state index contributed by atoms with van der Waals surface area (Å²) in [5, 5.41) is 29.2. The maximum absolute atomic E-state index is 12.6. The van der Waals surface area contributed by atoms with E-state index >= 15 is 0 Å². The number of benzene rings is 1. The van der Waals surface area contributed by atoms with Crippen LogP contribution in [0.15, 0.2) is 24.3 Å². The lowest BCUT2D eigenvalue weighted by atomic mass is 9.95. The Kier molecular flexibility index (Phi) is 6.15. The molecule has 3 rings (SSSR count). The summed E-state index contributed by atoms with van der Waals surface area (Å²) in [6.07, 6.45) is -5.35. The number of hydrogen-bond acceptors (Lipinski definition) is 6. The van der Waals surface area contributed by atoms with E-state index in [4.69, 9.17) is 0 Å². The third-order valence-electron chi connectivity index (χ3n) is 5.32. The van der Waals surface area contributed by atoms with Crippen molar-refractivity contribution < 1.29 is 33.2 Å². The maximum atomic E-state index is 12.6. The summed E-state index contributed by atoms with van der Waals surface area (Å²) in [6, 6.07) is 5.88. The number of hydrogen-bond donors (Lipinski definition) is 3. The second-order valence-electron chi connectivity index (χ2n) is 7.28. The Bertz CT molecular complexity index is 631. The zero-order chi connectivity index (χ0) is 19.6. The summed E-state index contributed by atoms with van der Waals surface area (Å²) in [6.45, 7) is 1.93. The number of piperidine rings is 1. The van der Waals surface area contributed by atoms with Crippen LogP contribution in [-0.2, 0) is 0 Å². The molecule has 0 radical (unpaired) electrons. The molecule has 0 spiro atoms. The van der Waals surface area contributed by atoms with E-state index in [9.17, 15) is 28.5 Å². The Morgan fingerprint density at radius 2 is 1.85 bits per heavy atom. The van der Waals surface area contributed by atoms with Crippen LogP contribution < -0.4 is 9.64 Å². The summed E-state index contributed by atoms with van der Waals surface area (Å²) in [7, 11) is 0. The van der Waals surface area contributed by atoms with Crippen molar-refractivity contribution in [3.63, 3.8) is 0 Å². The zero-order valence-electron chi connectivity index (χ0n) is 14.8. The van der Waals surface area contributed by atoms with Gasteiger partial charge in [-0.25, -0.2) is 0 Å². The molecule has 2 fully saturated rings. The van der Waals surface area contributed by atoms with Crippen LogP contribution in [-0.4, -0.2) is 77.6 Å². The van der Waals surface area contributed by atoms with Crippen molar-refractivity contribution in [1.29, 1.82) is 0 Å². The Morgan fingerprint density at radius 3 is 2.56 bits per heavy atom. The van der Waals surface area contributed by atoms with Gasteiger partial charge in [-0.3, -0.25) is 4.90 Å². The van der Waals surface area contributed by atoms with Gasteiger partial charge in [0, 0.05) is 32.2 Å². The first kappa shape index (κ1) is 20.2. The standard InChI is InChI=1S/C18H25F3N2O4/c19-18(20,21)27-17-4-2-1-3-14(17)22-6-5-12(8-22)9-23-10-16(26)15(25)7-13(23)11-24/h1-4,12-13,15-16,24-26H,5-11H2/t12-,13+,15?,16-/m0/s1. The minimum Gasteiger partial charge on any atom is -0.404 e. The normalized spacial score (nSPS) is 29.9. The molecule has 152 valence electrons. The first-order chi connectivity index (χ1) is 12.8. The Labute approximate surface area is 155 Å². The zero-order valence-corrected chi connectivity index (χ0v) is 14.8. The van der Waals surface area contributed by atoms with Gasteiger partial charge in [0.15, 0.2) is 5.75 Å². The van der Waals surface area contributed by atoms with E-state index in [0.717, 1.165) is 6.42 Å².